The van der Waals surface area contributed by atoms with Crippen LogP contribution in [0.25, 0.3) is 0 Å². The summed E-state index contributed by atoms with van der Waals surface area (Å²) in [5, 5.41) is 0. The number of hydrogen-bond acceptors (Lipinski definition) is 1. The second kappa shape index (κ2) is 4.35. The molecule has 1 aliphatic rings. The summed E-state index contributed by atoms with van der Waals surface area (Å²) in [5.74, 6) is 0. The van der Waals surface area contributed by atoms with Gasteiger partial charge in [0, 0.05) is 0 Å². The van der Waals surface area contributed by atoms with Gasteiger partial charge in [-0.1, -0.05) is 24.6 Å². The molecule has 0 radical (unpaired) electrons. The number of alkyl halides is 3. The molecule has 1 aromatic carbocycles. The van der Waals surface area contributed by atoms with Gasteiger partial charge in [-0.2, -0.15) is 13.2 Å². The Balaban J connectivity index is 2.64. The molecule has 0 spiro atoms. The summed E-state index contributed by atoms with van der Waals surface area (Å²) in [5.41, 5.74) is -1.56. The number of rotatable bonds is 2. The van der Waals surface area contributed by atoms with Crippen molar-refractivity contribution in [3.63, 3.8) is 0 Å². The van der Waals surface area contributed by atoms with E-state index >= 15 is 0 Å². The first-order chi connectivity index (χ1) is 8.29. The van der Waals surface area contributed by atoms with Crippen LogP contribution in [0, 0.1) is 6.92 Å². The van der Waals surface area contributed by atoms with E-state index in [-0.39, 0.29) is 23.3 Å². The lowest BCUT2D eigenvalue weighted by molar-refractivity contribution is -0.213. The maximum absolute atomic E-state index is 13.2. The fourth-order valence-corrected chi connectivity index (χ4v) is 3.29. The van der Waals surface area contributed by atoms with E-state index in [2.05, 4.69) is 0 Å². The Morgan fingerprint density at radius 2 is 1.94 bits per heavy atom. The molecule has 1 unspecified atom stereocenters. The largest absolute Gasteiger partial charge is 0.398 e. The van der Waals surface area contributed by atoms with Crippen molar-refractivity contribution >= 4 is 11.1 Å². The second-order valence-corrected chi connectivity index (χ2v) is 5.54. The summed E-state index contributed by atoms with van der Waals surface area (Å²) in [6, 6.07) is 4.38. The number of halogens is 3. The lowest BCUT2D eigenvalue weighted by Gasteiger charge is -2.44. The molecule has 2 rings (SSSR count). The minimum Gasteiger partial charge on any atom is -0.302 e. The minimum absolute atomic E-state index is 0.00977. The Kier molecular flexibility index (Phi) is 3.27. The topological polar surface area (TPSA) is 37.3 Å². The summed E-state index contributed by atoms with van der Waals surface area (Å²) in [7, 11) is 0. The molecule has 0 heterocycles. The summed E-state index contributed by atoms with van der Waals surface area (Å²) in [6.07, 6.45) is -3.91. The molecule has 2 nitrogen and oxygen atoms in total. The first-order valence-electron chi connectivity index (χ1n) is 5.57. The van der Waals surface area contributed by atoms with Gasteiger partial charge >= 0.3 is 6.18 Å². The predicted molar refractivity (Wildman–Crippen MR) is 61.8 cm³/mol. The molecule has 0 aliphatic heterocycles. The molecule has 18 heavy (non-hydrogen) atoms. The third-order valence-electron chi connectivity index (χ3n) is 3.65. The highest BCUT2D eigenvalue weighted by atomic mass is 32.2. The van der Waals surface area contributed by atoms with Crippen LogP contribution < -0.4 is 0 Å². The van der Waals surface area contributed by atoms with E-state index in [9.17, 15) is 21.9 Å². The van der Waals surface area contributed by atoms with Crippen LogP contribution in [-0.2, 0) is 16.5 Å². The van der Waals surface area contributed by atoms with Crippen LogP contribution in [0.1, 0.15) is 30.4 Å². The van der Waals surface area contributed by atoms with Gasteiger partial charge in [-0.05, 0) is 30.9 Å². The molecular weight excluding hydrogens is 265 g/mol. The van der Waals surface area contributed by atoms with Crippen LogP contribution in [0.15, 0.2) is 23.1 Å². The molecule has 1 saturated carbocycles. The SMILES string of the molecule is Cc1cccc(C2(C(F)(F)F)CCC2)c1S(=O)O. The molecule has 1 aromatic rings. The van der Waals surface area contributed by atoms with Crippen LogP contribution in [-0.4, -0.2) is 14.9 Å². The number of hydrogen-bond donors (Lipinski definition) is 1. The normalized spacial score (nSPS) is 20.3. The summed E-state index contributed by atoms with van der Waals surface area (Å²) in [4.78, 5) is -0.0884. The Bertz CT molecular complexity index is 493. The fourth-order valence-electron chi connectivity index (χ4n) is 2.50. The first-order valence-corrected chi connectivity index (χ1v) is 6.68. The fraction of sp³-hybridized carbons (Fsp3) is 0.500. The van der Waals surface area contributed by atoms with Crippen molar-refractivity contribution in [1.82, 2.24) is 0 Å². The van der Waals surface area contributed by atoms with Crippen LogP contribution in [0.3, 0.4) is 0 Å². The zero-order valence-electron chi connectivity index (χ0n) is 9.75. The summed E-state index contributed by atoms with van der Waals surface area (Å²) >= 11 is -2.40. The molecule has 0 bridgehead atoms. The van der Waals surface area contributed by atoms with Gasteiger partial charge in [0.05, 0.1) is 10.3 Å². The highest BCUT2D eigenvalue weighted by Crippen LogP contribution is 2.55. The zero-order chi connectivity index (χ0) is 13.6. The molecule has 6 heteroatoms. The van der Waals surface area contributed by atoms with Gasteiger partial charge < -0.3 is 4.55 Å². The predicted octanol–water partition coefficient (Wildman–Crippen LogP) is 3.56. The van der Waals surface area contributed by atoms with Crippen molar-refractivity contribution in [2.45, 2.75) is 42.7 Å². The van der Waals surface area contributed by atoms with Crippen LogP contribution in [0.5, 0.6) is 0 Å². The van der Waals surface area contributed by atoms with Gasteiger partial charge in [0.15, 0.2) is 11.1 Å². The average Bonchev–Trinajstić information content (AvgIpc) is 2.12. The van der Waals surface area contributed by atoms with Crippen molar-refractivity contribution in [3.05, 3.63) is 29.3 Å². The van der Waals surface area contributed by atoms with Gasteiger partial charge in [-0.25, -0.2) is 4.21 Å². The van der Waals surface area contributed by atoms with Gasteiger partial charge in [-0.15, -0.1) is 0 Å². The number of aryl methyl sites for hydroxylation is 1. The maximum Gasteiger partial charge on any atom is 0.398 e. The van der Waals surface area contributed by atoms with Gasteiger partial charge in [0.25, 0.3) is 0 Å². The highest BCUT2D eigenvalue weighted by molar-refractivity contribution is 7.79. The Morgan fingerprint density at radius 3 is 2.33 bits per heavy atom. The summed E-state index contributed by atoms with van der Waals surface area (Å²) < 4.78 is 60.2. The molecular formula is C12H13F3O2S. The minimum atomic E-state index is -4.38. The van der Waals surface area contributed by atoms with E-state index in [0.717, 1.165) is 0 Å². The molecule has 0 amide bonds. The van der Waals surface area contributed by atoms with E-state index in [4.69, 9.17) is 0 Å². The molecule has 100 valence electrons. The van der Waals surface area contributed by atoms with Gasteiger partial charge in [-0.3, -0.25) is 0 Å². The third-order valence-corrected chi connectivity index (χ3v) is 4.54. The smallest absolute Gasteiger partial charge is 0.302 e. The Labute approximate surface area is 105 Å². The quantitative estimate of drug-likeness (QED) is 0.840. The number of benzene rings is 1. The molecule has 1 N–H and O–H groups in total. The van der Waals surface area contributed by atoms with Crippen molar-refractivity contribution in [2.24, 2.45) is 0 Å². The molecule has 1 fully saturated rings. The monoisotopic (exact) mass is 278 g/mol. The highest BCUT2D eigenvalue weighted by Gasteiger charge is 2.60. The Morgan fingerprint density at radius 1 is 1.33 bits per heavy atom. The second-order valence-electron chi connectivity index (χ2n) is 4.63. The Hall–Kier alpha value is -0.880. The van der Waals surface area contributed by atoms with E-state index in [0.29, 0.717) is 12.0 Å². The molecule has 0 saturated heterocycles. The van der Waals surface area contributed by atoms with E-state index in [1.807, 2.05) is 0 Å². The van der Waals surface area contributed by atoms with Crippen LogP contribution in [0.4, 0.5) is 13.2 Å². The van der Waals surface area contributed by atoms with Crippen LogP contribution in [0.2, 0.25) is 0 Å². The third kappa shape index (κ3) is 1.87. The maximum atomic E-state index is 13.2. The van der Waals surface area contributed by atoms with Gasteiger partial charge in [0.2, 0.25) is 0 Å². The summed E-state index contributed by atoms with van der Waals surface area (Å²) in [6.45, 7) is 1.55. The van der Waals surface area contributed by atoms with E-state index in [1.54, 1.807) is 13.0 Å². The molecule has 1 aliphatic carbocycles. The first kappa shape index (κ1) is 13.5. The van der Waals surface area contributed by atoms with Crippen molar-refractivity contribution in [3.8, 4) is 0 Å². The lowest BCUT2D eigenvalue weighted by Crippen LogP contribution is -2.48. The van der Waals surface area contributed by atoms with Crippen molar-refractivity contribution < 1.29 is 21.9 Å². The van der Waals surface area contributed by atoms with E-state index in [1.165, 1.54) is 12.1 Å². The standard InChI is InChI=1S/C12H13F3O2S/c1-8-4-2-5-9(10(8)18(16)17)11(6-3-7-11)12(13,14)15/h2,4-5H,3,6-7H2,1H3,(H,16,17). The molecule has 1 atom stereocenters. The van der Waals surface area contributed by atoms with Crippen molar-refractivity contribution in [2.75, 3.05) is 0 Å². The van der Waals surface area contributed by atoms with Gasteiger partial charge in [0.1, 0.15) is 0 Å². The molecule has 0 aromatic heterocycles. The zero-order valence-corrected chi connectivity index (χ0v) is 10.6. The lowest BCUT2D eigenvalue weighted by atomic mass is 9.63. The van der Waals surface area contributed by atoms with Crippen LogP contribution >= 0.6 is 0 Å². The average molecular weight is 278 g/mol. The van der Waals surface area contributed by atoms with Crippen molar-refractivity contribution in [1.29, 1.82) is 0 Å². The van der Waals surface area contributed by atoms with E-state index < -0.39 is 22.7 Å².